The first-order chi connectivity index (χ1) is 8.61. The van der Waals surface area contributed by atoms with E-state index in [-0.39, 0.29) is 0 Å². The zero-order valence-corrected chi connectivity index (χ0v) is 11.8. The molecule has 0 spiro atoms. The van der Waals surface area contributed by atoms with Crippen molar-refractivity contribution in [3.63, 3.8) is 0 Å². The molecule has 18 heavy (non-hydrogen) atoms. The quantitative estimate of drug-likeness (QED) is 0.842. The summed E-state index contributed by atoms with van der Waals surface area (Å²) >= 11 is 0. The largest absolute Gasteiger partial charge is 0.326 e. The van der Waals surface area contributed by atoms with Gasteiger partial charge in [-0.25, -0.2) is 0 Å². The fraction of sp³-hybridized carbons (Fsp3) is 0.769. The maximum absolute atomic E-state index is 5.76. The van der Waals surface area contributed by atoms with Crippen LogP contribution in [0.15, 0.2) is 6.20 Å². The number of aromatic nitrogens is 2. The maximum Gasteiger partial charge on any atom is 0.0565 e. The second kappa shape index (κ2) is 5.82. The van der Waals surface area contributed by atoms with Gasteiger partial charge in [0.25, 0.3) is 0 Å². The Morgan fingerprint density at radius 1 is 1.39 bits per heavy atom. The number of hydrogen-bond acceptors (Lipinski definition) is 4. The summed E-state index contributed by atoms with van der Waals surface area (Å²) in [7, 11) is 6.41. The summed E-state index contributed by atoms with van der Waals surface area (Å²) < 4.78 is 1.95. The van der Waals surface area contributed by atoms with Gasteiger partial charge in [-0.2, -0.15) is 5.10 Å². The second-order valence-corrected chi connectivity index (χ2v) is 5.39. The highest BCUT2D eigenvalue weighted by Gasteiger charge is 2.21. The molecule has 1 aromatic rings. The monoisotopic (exact) mass is 251 g/mol. The molecular weight excluding hydrogens is 226 g/mol. The van der Waals surface area contributed by atoms with Gasteiger partial charge in [0, 0.05) is 31.7 Å². The molecule has 1 aliphatic heterocycles. The number of aryl methyl sites for hydroxylation is 1. The fourth-order valence-electron chi connectivity index (χ4n) is 2.68. The van der Waals surface area contributed by atoms with Crippen LogP contribution in [0, 0.1) is 0 Å². The van der Waals surface area contributed by atoms with Crippen LogP contribution in [0.5, 0.6) is 0 Å². The van der Waals surface area contributed by atoms with Gasteiger partial charge in [-0.3, -0.25) is 9.58 Å². The molecule has 1 aliphatic rings. The van der Waals surface area contributed by atoms with Crippen molar-refractivity contribution in [3.05, 3.63) is 17.5 Å². The van der Waals surface area contributed by atoms with Crippen molar-refractivity contribution >= 4 is 0 Å². The molecular formula is C13H25N5. The smallest absolute Gasteiger partial charge is 0.0565 e. The molecule has 1 saturated heterocycles. The average molecular weight is 251 g/mol. The number of piperidine rings is 1. The van der Waals surface area contributed by atoms with E-state index in [0.29, 0.717) is 12.6 Å². The summed E-state index contributed by atoms with van der Waals surface area (Å²) in [6, 6.07) is 0.682. The van der Waals surface area contributed by atoms with Crippen molar-refractivity contribution in [1.29, 1.82) is 0 Å². The van der Waals surface area contributed by atoms with E-state index in [4.69, 9.17) is 5.73 Å². The van der Waals surface area contributed by atoms with Gasteiger partial charge in [0.15, 0.2) is 0 Å². The number of hydrogen-bond donors (Lipinski definition) is 1. The molecule has 2 N–H and O–H groups in total. The Hall–Kier alpha value is -0.910. The molecule has 102 valence electrons. The van der Waals surface area contributed by atoms with E-state index in [9.17, 15) is 0 Å². The maximum atomic E-state index is 5.76. The zero-order chi connectivity index (χ0) is 13.1. The third-order valence-corrected chi connectivity index (χ3v) is 4.08. The third-order valence-electron chi connectivity index (χ3n) is 4.08. The lowest BCUT2D eigenvalue weighted by atomic mass is 10.0. The van der Waals surface area contributed by atoms with Crippen molar-refractivity contribution in [2.75, 3.05) is 27.2 Å². The van der Waals surface area contributed by atoms with Gasteiger partial charge < -0.3 is 10.6 Å². The molecule has 0 aliphatic carbocycles. The van der Waals surface area contributed by atoms with Crippen molar-refractivity contribution < 1.29 is 0 Å². The molecule has 0 unspecified atom stereocenters. The molecule has 2 rings (SSSR count). The first-order valence-electron chi connectivity index (χ1n) is 6.70. The number of nitrogens with zero attached hydrogens (tertiary/aromatic N) is 4. The minimum atomic E-state index is 0.574. The van der Waals surface area contributed by atoms with Crippen molar-refractivity contribution in [2.45, 2.75) is 32.0 Å². The van der Waals surface area contributed by atoms with Gasteiger partial charge in [-0.05, 0) is 40.0 Å². The topological polar surface area (TPSA) is 50.3 Å². The van der Waals surface area contributed by atoms with Gasteiger partial charge in [0.1, 0.15) is 0 Å². The highest BCUT2D eigenvalue weighted by molar-refractivity contribution is 5.17. The van der Waals surface area contributed by atoms with Crippen LogP contribution in [0.2, 0.25) is 0 Å². The summed E-state index contributed by atoms with van der Waals surface area (Å²) in [4.78, 5) is 4.85. The Kier molecular flexibility index (Phi) is 4.37. The minimum Gasteiger partial charge on any atom is -0.326 e. The Morgan fingerprint density at radius 3 is 2.67 bits per heavy atom. The molecule has 0 aromatic carbocycles. The molecule has 0 radical (unpaired) electrons. The van der Waals surface area contributed by atoms with Crippen LogP contribution < -0.4 is 5.73 Å². The van der Waals surface area contributed by atoms with Crippen molar-refractivity contribution in [2.24, 2.45) is 12.8 Å². The minimum absolute atomic E-state index is 0.574. The highest BCUT2D eigenvalue weighted by atomic mass is 15.3. The number of nitrogens with two attached hydrogens (primary N) is 1. The van der Waals surface area contributed by atoms with E-state index in [2.05, 4.69) is 29.0 Å². The van der Waals surface area contributed by atoms with Gasteiger partial charge in [-0.1, -0.05) is 0 Å². The van der Waals surface area contributed by atoms with Crippen LogP contribution >= 0.6 is 0 Å². The van der Waals surface area contributed by atoms with Crippen molar-refractivity contribution in [3.8, 4) is 0 Å². The Morgan fingerprint density at radius 2 is 2.06 bits per heavy atom. The molecule has 0 bridgehead atoms. The standard InChI is InChI=1S/C13H25N5/c1-16-6-4-12(5-7-16)17(2)10-13-11(8-14)9-15-18(13)3/h9,12H,4-8,10,14H2,1-3H3. The zero-order valence-electron chi connectivity index (χ0n) is 11.8. The van der Waals surface area contributed by atoms with E-state index >= 15 is 0 Å². The first kappa shape index (κ1) is 13.5. The molecule has 5 nitrogen and oxygen atoms in total. The summed E-state index contributed by atoms with van der Waals surface area (Å²) in [6.45, 7) is 3.91. The Bertz CT molecular complexity index is 379. The first-order valence-corrected chi connectivity index (χ1v) is 6.70. The predicted octanol–water partition coefficient (Wildman–Crippen LogP) is 0.405. The van der Waals surface area contributed by atoms with Gasteiger partial charge >= 0.3 is 0 Å². The average Bonchev–Trinajstić information content (AvgIpc) is 2.71. The molecule has 1 aromatic heterocycles. The lowest BCUT2D eigenvalue weighted by molar-refractivity contribution is 0.137. The van der Waals surface area contributed by atoms with E-state index in [1.54, 1.807) is 0 Å². The third kappa shape index (κ3) is 2.91. The second-order valence-electron chi connectivity index (χ2n) is 5.39. The lowest BCUT2D eigenvalue weighted by Gasteiger charge is -2.35. The highest BCUT2D eigenvalue weighted by Crippen LogP contribution is 2.17. The van der Waals surface area contributed by atoms with Crippen molar-refractivity contribution in [1.82, 2.24) is 19.6 Å². The predicted molar refractivity (Wildman–Crippen MR) is 73.1 cm³/mol. The van der Waals surface area contributed by atoms with E-state index < -0.39 is 0 Å². The summed E-state index contributed by atoms with van der Waals surface area (Å²) in [5, 5.41) is 4.30. The summed E-state index contributed by atoms with van der Waals surface area (Å²) in [5.41, 5.74) is 8.17. The normalized spacial score (nSPS) is 18.7. The number of likely N-dealkylation sites (tertiary alicyclic amines) is 1. The van der Waals surface area contributed by atoms with Gasteiger partial charge in [0.2, 0.25) is 0 Å². The summed E-state index contributed by atoms with van der Waals surface area (Å²) in [6.07, 6.45) is 4.39. The Labute approximate surface area is 110 Å². The van der Waals surface area contributed by atoms with E-state index in [0.717, 1.165) is 12.1 Å². The van der Waals surface area contributed by atoms with Crippen LogP contribution in [0.25, 0.3) is 0 Å². The van der Waals surface area contributed by atoms with Crippen LogP contribution in [0.4, 0.5) is 0 Å². The number of rotatable bonds is 4. The molecule has 2 heterocycles. The summed E-state index contributed by atoms with van der Waals surface area (Å²) in [5.74, 6) is 0. The van der Waals surface area contributed by atoms with Gasteiger partial charge in [-0.15, -0.1) is 0 Å². The Balaban J connectivity index is 1.98. The van der Waals surface area contributed by atoms with Crippen LogP contribution in [-0.2, 0) is 20.1 Å². The fourth-order valence-corrected chi connectivity index (χ4v) is 2.68. The SMILES string of the molecule is CN1CCC(N(C)Cc2c(CN)cnn2C)CC1. The molecule has 5 heteroatoms. The van der Waals surface area contributed by atoms with E-state index in [1.807, 2.05) is 17.9 Å². The van der Waals surface area contributed by atoms with Gasteiger partial charge in [0.05, 0.1) is 11.9 Å². The molecule has 0 saturated carbocycles. The molecule has 0 atom stereocenters. The van der Waals surface area contributed by atoms with Crippen LogP contribution in [-0.4, -0.2) is 52.8 Å². The van der Waals surface area contributed by atoms with Crippen LogP contribution in [0.1, 0.15) is 24.1 Å². The lowest BCUT2D eigenvalue weighted by Crippen LogP contribution is -2.41. The van der Waals surface area contributed by atoms with Crippen LogP contribution in [0.3, 0.4) is 0 Å². The molecule has 0 amide bonds. The van der Waals surface area contributed by atoms with E-state index in [1.165, 1.54) is 31.6 Å². The molecule has 1 fully saturated rings.